The first-order valence-corrected chi connectivity index (χ1v) is 21.2. The summed E-state index contributed by atoms with van der Waals surface area (Å²) in [5, 5.41) is 10.4. The van der Waals surface area contributed by atoms with Crippen molar-refractivity contribution in [3.8, 4) is 22.9 Å². The summed E-state index contributed by atoms with van der Waals surface area (Å²) in [6.45, 7) is 17.5. The molecule has 0 radical (unpaired) electrons. The average molecular weight is 815 g/mol. The molecule has 4 aromatic carbocycles. The van der Waals surface area contributed by atoms with Gasteiger partial charge in [0.25, 0.3) is 11.1 Å². The number of para-hydroxylation sites is 6. The molecule has 316 valence electrons. The molecule has 13 nitrogen and oxygen atoms in total. The number of piperazine rings is 2. The zero-order valence-electron chi connectivity index (χ0n) is 35.5. The summed E-state index contributed by atoms with van der Waals surface area (Å²) in [6.07, 6.45) is 0. The number of rotatable bonds is 12. The van der Waals surface area contributed by atoms with E-state index < -0.39 is 0 Å². The Kier molecular flexibility index (Phi) is 14.0. The summed E-state index contributed by atoms with van der Waals surface area (Å²) in [4.78, 5) is 46.5. The molecule has 2 unspecified atom stereocenters. The van der Waals surface area contributed by atoms with E-state index in [2.05, 4.69) is 40.5 Å². The predicted molar refractivity (Wildman–Crippen MR) is 238 cm³/mol. The fraction of sp³-hybridized carbons (Fsp3) is 0.404. The molecule has 1 N–H and O–H groups in total. The lowest BCUT2D eigenvalue weighted by Gasteiger charge is -2.38. The fourth-order valence-electron chi connectivity index (χ4n) is 8.22. The van der Waals surface area contributed by atoms with Gasteiger partial charge in [-0.2, -0.15) is 0 Å². The second-order valence-corrected chi connectivity index (χ2v) is 15.3. The molecule has 2 atom stereocenters. The molecule has 6 aromatic rings. The Bertz CT molecular complexity index is 2490. The lowest BCUT2D eigenvalue weighted by molar-refractivity contribution is 0.0854. The minimum absolute atomic E-state index is 0.00990. The third-order valence-corrected chi connectivity index (χ3v) is 11.6. The third kappa shape index (κ3) is 9.15. The zero-order chi connectivity index (χ0) is 42.2. The molecule has 0 saturated carbocycles. The Labute approximate surface area is 352 Å². The highest BCUT2D eigenvalue weighted by Gasteiger charge is 2.28. The largest absolute Gasteiger partial charge is 0.492 e. The topological polar surface area (TPSA) is 121 Å². The second kappa shape index (κ2) is 19.7. The van der Waals surface area contributed by atoms with E-state index in [-0.39, 0.29) is 29.8 Å². The molecule has 13 heteroatoms. The maximum atomic E-state index is 13.6. The standard InChI is InChI=1S/C24H30N4O3.C23H28N4O2/c1-3-31-22-11-7-6-10-21(22)28-23(25-20-9-5-4-8-19(20)24(28)30)18(2)27-14-12-26(13-15-27)16-17-29;1-4-29-21-12-8-7-11-20(21)27-22(17(2)26-15-13-25(3)14-16-26)24-19-10-6-5-9-18(19)23(27)28/h4-11,18,29H,3,12-17H2,1-2H3;5-12,17H,4,13-16H2,1-3H3. The van der Waals surface area contributed by atoms with Crippen LogP contribution >= 0.6 is 0 Å². The Hall–Kier alpha value is -5.44. The molecule has 4 heterocycles. The number of nitrogens with zero attached hydrogens (tertiary/aromatic N) is 8. The number of aliphatic hydroxyl groups excluding tert-OH is 1. The lowest BCUT2D eigenvalue weighted by atomic mass is 10.1. The van der Waals surface area contributed by atoms with Gasteiger partial charge in [0.15, 0.2) is 0 Å². The Morgan fingerprint density at radius 2 is 0.983 bits per heavy atom. The molecule has 0 amide bonds. The quantitative estimate of drug-likeness (QED) is 0.168. The van der Waals surface area contributed by atoms with Crippen LogP contribution in [0.25, 0.3) is 33.2 Å². The molecule has 8 rings (SSSR count). The van der Waals surface area contributed by atoms with Crippen LogP contribution in [0.15, 0.2) is 107 Å². The van der Waals surface area contributed by atoms with Gasteiger partial charge in [0.2, 0.25) is 0 Å². The van der Waals surface area contributed by atoms with Gasteiger partial charge in [0, 0.05) is 58.9 Å². The van der Waals surface area contributed by atoms with Crippen LogP contribution in [-0.2, 0) is 0 Å². The summed E-state index contributed by atoms with van der Waals surface area (Å²) >= 11 is 0. The van der Waals surface area contributed by atoms with Crippen LogP contribution in [0.1, 0.15) is 51.4 Å². The van der Waals surface area contributed by atoms with E-state index in [9.17, 15) is 14.7 Å². The van der Waals surface area contributed by atoms with Crippen LogP contribution in [-0.4, -0.2) is 130 Å². The van der Waals surface area contributed by atoms with Gasteiger partial charge in [0.1, 0.15) is 23.1 Å². The van der Waals surface area contributed by atoms with Gasteiger partial charge in [-0.25, -0.2) is 9.97 Å². The number of fused-ring (bicyclic) bond motifs is 2. The van der Waals surface area contributed by atoms with Crippen molar-refractivity contribution in [2.75, 3.05) is 85.8 Å². The maximum Gasteiger partial charge on any atom is 0.266 e. The van der Waals surface area contributed by atoms with Crippen molar-refractivity contribution in [3.63, 3.8) is 0 Å². The molecular formula is C47H58N8O5. The number of hydrogen-bond donors (Lipinski definition) is 1. The summed E-state index contributed by atoms with van der Waals surface area (Å²) in [6, 6.07) is 30.4. The first-order chi connectivity index (χ1) is 29.2. The van der Waals surface area contributed by atoms with Gasteiger partial charge >= 0.3 is 0 Å². The minimum atomic E-state index is -0.0847. The Morgan fingerprint density at radius 1 is 0.583 bits per heavy atom. The van der Waals surface area contributed by atoms with Gasteiger partial charge in [-0.1, -0.05) is 48.5 Å². The van der Waals surface area contributed by atoms with Gasteiger partial charge in [0.05, 0.1) is 65.1 Å². The molecule has 2 aliphatic rings. The molecule has 2 saturated heterocycles. The van der Waals surface area contributed by atoms with E-state index in [0.29, 0.717) is 59.1 Å². The van der Waals surface area contributed by atoms with E-state index in [0.717, 1.165) is 69.4 Å². The molecule has 2 aliphatic heterocycles. The first kappa shape index (κ1) is 42.7. The van der Waals surface area contributed by atoms with E-state index in [1.54, 1.807) is 9.13 Å². The van der Waals surface area contributed by atoms with Crippen LogP contribution in [0.5, 0.6) is 11.5 Å². The number of hydrogen-bond acceptors (Lipinski definition) is 11. The second-order valence-electron chi connectivity index (χ2n) is 15.3. The number of aromatic nitrogens is 4. The van der Waals surface area contributed by atoms with Crippen molar-refractivity contribution < 1.29 is 14.6 Å². The molecule has 2 aromatic heterocycles. The third-order valence-electron chi connectivity index (χ3n) is 11.6. The minimum Gasteiger partial charge on any atom is -0.492 e. The normalized spacial score (nSPS) is 16.6. The number of ether oxygens (including phenoxy) is 2. The number of benzene rings is 4. The van der Waals surface area contributed by atoms with Crippen molar-refractivity contribution in [2.45, 2.75) is 39.8 Å². The van der Waals surface area contributed by atoms with Crippen LogP contribution in [0.3, 0.4) is 0 Å². The molecular weight excluding hydrogens is 757 g/mol. The predicted octanol–water partition coefficient (Wildman–Crippen LogP) is 5.55. The van der Waals surface area contributed by atoms with Gasteiger partial charge < -0.3 is 19.5 Å². The maximum absolute atomic E-state index is 13.6. The number of likely N-dealkylation sites (N-methyl/N-ethyl adjacent to an activating group) is 1. The van der Waals surface area contributed by atoms with E-state index in [1.165, 1.54) is 0 Å². The highest BCUT2D eigenvalue weighted by atomic mass is 16.5. The smallest absolute Gasteiger partial charge is 0.266 e. The number of β-amino-alcohol motifs (C(OH)–C–C–N with tert-alkyl or cyclic N) is 1. The van der Waals surface area contributed by atoms with Crippen LogP contribution < -0.4 is 20.6 Å². The molecule has 0 spiro atoms. The fourth-order valence-corrected chi connectivity index (χ4v) is 8.22. The van der Waals surface area contributed by atoms with E-state index in [4.69, 9.17) is 19.4 Å². The molecule has 0 bridgehead atoms. The van der Waals surface area contributed by atoms with Gasteiger partial charge in [-0.15, -0.1) is 0 Å². The Balaban J connectivity index is 0.000000182. The SMILES string of the molecule is CCOc1ccccc1-n1c(C(C)N2CCN(C)CC2)nc2ccccc2c1=O.CCOc1ccccc1-n1c(C(C)N2CCN(CCO)CC2)nc2ccccc2c1=O. The Morgan fingerprint density at radius 3 is 1.42 bits per heavy atom. The highest BCUT2D eigenvalue weighted by Crippen LogP contribution is 2.30. The van der Waals surface area contributed by atoms with E-state index in [1.807, 2.05) is 111 Å². The summed E-state index contributed by atoms with van der Waals surface area (Å²) in [5.41, 5.74) is 2.76. The summed E-state index contributed by atoms with van der Waals surface area (Å²) in [7, 11) is 2.14. The average Bonchev–Trinajstić information content (AvgIpc) is 3.28. The summed E-state index contributed by atoms with van der Waals surface area (Å²) < 4.78 is 15.2. The van der Waals surface area contributed by atoms with Crippen molar-refractivity contribution in [2.24, 2.45) is 0 Å². The van der Waals surface area contributed by atoms with Gasteiger partial charge in [-0.05, 0) is 83.3 Å². The van der Waals surface area contributed by atoms with Crippen molar-refractivity contribution in [1.82, 2.24) is 38.7 Å². The first-order valence-electron chi connectivity index (χ1n) is 21.2. The van der Waals surface area contributed by atoms with Crippen molar-refractivity contribution in [3.05, 3.63) is 129 Å². The van der Waals surface area contributed by atoms with Crippen LogP contribution in [0.4, 0.5) is 0 Å². The van der Waals surface area contributed by atoms with E-state index >= 15 is 0 Å². The molecule has 0 aliphatic carbocycles. The van der Waals surface area contributed by atoms with Crippen molar-refractivity contribution >= 4 is 21.8 Å². The number of aliphatic hydroxyl groups is 1. The lowest BCUT2D eigenvalue weighted by Crippen LogP contribution is -2.48. The molecule has 2 fully saturated rings. The van der Waals surface area contributed by atoms with Crippen LogP contribution in [0.2, 0.25) is 0 Å². The zero-order valence-corrected chi connectivity index (χ0v) is 35.5. The summed E-state index contributed by atoms with van der Waals surface area (Å²) in [5.74, 6) is 2.84. The van der Waals surface area contributed by atoms with Crippen LogP contribution in [0, 0.1) is 0 Å². The highest BCUT2D eigenvalue weighted by molar-refractivity contribution is 5.79. The van der Waals surface area contributed by atoms with Crippen molar-refractivity contribution in [1.29, 1.82) is 0 Å². The van der Waals surface area contributed by atoms with Gasteiger partial charge in [-0.3, -0.25) is 33.4 Å². The molecule has 60 heavy (non-hydrogen) atoms. The monoisotopic (exact) mass is 814 g/mol.